The van der Waals surface area contributed by atoms with Crippen molar-refractivity contribution in [2.45, 2.75) is 109 Å². The molecule has 0 spiro atoms. The summed E-state index contributed by atoms with van der Waals surface area (Å²) in [5, 5.41) is 11.9. The molecule has 1 saturated carbocycles. The Kier molecular flexibility index (Phi) is 8.69. The summed E-state index contributed by atoms with van der Waals surface area (Å²) in [7, 11) is 4.00. The molecule has 0 atom stereocenters. The standard InChI is InChI=1S/C29H46N6O2/c1-28(2,3)24-17-26(35(6)21-8-10-22(36-7)11-9-21)33-25(32-24)18-29(4,5)20-16-27(34-31-19-20)37-23-12-14-30-15-13-23/h16-17,19,21-23,30H,8-15,18H2,1-7H3. The SMILES string of the molecule is COC1CCC(N(C)c2cc(C(C)(C)C)nc(CC(C)(C)c3cnnc(OC4CCNCC4)c3)n2)CC1. The molecule has 0 unspecified atom stereocenters. The average molecular weight is 511 g/mol. The van der Waals surface area contributed by atoms with E-state index in [1.165, 1.54) is 0 Å². The smallest absolute Gasteiger partial charge is 0.233 e. The van der Waals surface area contributed by atoms with E-state index >= 15 is 0 Å². The van der Waals surface area contributed by atoms with Crippen molar-refractivity contribution >= 4 is 5.82 Å². The Hall–Kier alpha value is -2.32. The fourth-order valence-electron chi connectivity index (χ4n) is 5.34. The van der Waals surface area contributed by atoms with Gasteiger partial charge >= 0.3 is 0 Å². The van der Waals surface area contributed by atoms with Crippen LogP contribution in [0.25, 0.3) is 0 Å². The molecule has 1 saturated heterocycles. The number of hydrogen-bond acceptors (Lipinski definition) is 8. The Balaban J connectivity index is 1.55. The Morgan fingerprint density at radius 2 is 1.65 bits per heavy atom. The third-order valence-corrected chi connectivity index (χ3v) is 8.00. The first-order chi connectivity index (χ1) is 17.5. The highest BCUT2D eigenvalue weighted by molar-refractivity contribution is 5.42. The number of methoxy groups -OCH3 is 1. The number of aromatic nitrogens is 4. The molecule has 0 bridgehead atoms. The summed E-state index contributed by atoms with van der Waals surface area (Å²) in [4.78, 5) is 12.5. The van der Waals surface area contributed by atoms with Gasteiger partial charge in [0.1, 0.15) is 17.7 Å². The van der Waals surface area contributed by atoms with Gasteiger partial charge in [-0.15, -0.1) is 5.10 Å². The summed E-state index contributed by atoms with van der Waals surface area (Å²) in [5.74, 6) is 2.48. The molecule has 1 N–H and O–H groups in total. The van der Waals surface area contributed by atoms with Crippen molar-refractivity contribution in [1.29, 1.82) is 0 Å². The number of nitrogens with zero attached hydrogens (tertiary/aromatic N) is 5. The topological polar surface area (TPSA) is 85.3 Å². The van der Waals surface area contributed by atoms with Crippen molar-refractivity contribution in [3.8, 4) is 5.88 Å². The highest BCUT2D eigenvalue weighted by atomic mass is 16.5. The first-order valence-corrected chi connectivity index (χ1v) is 13.9. The summed E-state index contributed by atoms with van der Waals surface area (Å²) < 4.78 is 11.8. The molecule has 1 aliphatic heterocycles. The fourth-order valence-corrected chi connectivity index (χ4v) is 5.34. The lowest BCUT2D eigenvalue weighted by atomic mass is 9.82. The molecule has 2 aromatic rings. The van der Waals surface area contributed by atoms with Gasteiger partial charge in [-0.25, -0.2) is 9.97 Å². The molecular formula is C29H46N6O2. The maximum Gasteiger partial charge on any atom is 0.233 e. The molecule has 0 aromatic carbocycles. The van der Waals surface area contributed by atoms with Crippen molar-refractivity contribution in [3.05, 3.63) is 35.4 Å². The molecule has 0 radical (unpaired) electrons. The zero-order chi connectivity index (χ0) is 26.6. The number of hydrogen-bond donors (Lipinski definition) is 1. The zero-order valence-electron chi connectivity index (χ0n) is 23.9. The molecule has 3 heterocycles. The number of piperidine rings is 1. The van der Waals surface area contributed by atoms with Crippen molar-refractivity contribution in [2.24, 2.45) is 0 Å². The van der Waals surface area contributed by atoms with Gasteiger partial charge in [0.2, 0.25) is 5.88 Å². The van der Waals surface area contributed by atoms with Crippen LogP contribution in [0.5, 0.6) is 5.88 Å². The van der Waals surface area contributed by atoms with Gasteiger partial charge in [-0.05, 0) is 62.6 Å². The Labute approximate surface area is 223 Å². The van der Waals surface area contributed by atoms with E-state index in [2.05, 4.69) is 68.1 Å². The van der Waals surface area contributed by atoms with Crippen LogP contribution in [0.2, 0.25) is 0 Å². The molecule has 4 rings (SSSR count). The molecule has 8 nitrogen and oxygen atoms in total. The van der Waals surface area contributed by atoms with E-state index in [9.17, 15) is 0 Å². The van der Waals surface area contributed by atoms with Gasteiger partial charge in [-0.3, -0.25) is 0 Å². The van der Waals surface area contributed by atoms with E-state index in [1.54, 1.807) is 0 Å². The highest BCUT2D eigenvalue weighted by Crippen LogP contribution is 2.32. The largest absolute Gasteiger partial charge is 0.473 e. The minimum Gasteiger partial charge on any atom is -0.473 e. The maximum atomic E-state index is 6.18. The van der Waals surface area contributed by atoms with E-state index in [0.717, 1.165) is 74.5 Å². The number of ether oxygens (including phenoxy) is 2. The van der Waals surface area contributed by atoms with Crippen LogP contribution in [0, 0.1) is 0 Å². The van der Waals surface area contributed by atoms with Gasteiger partial charge in [-0.2, -0.15) is 5.10 Å². The van der Waals surface area contributed by atoms with Crippen LogP contribution >= 0.6 is 0 Å². The van der Waals surface area contributed by atoms with Crippen LogP contribution in [-0.2, 0) is 22.0 Å². The van der Waals surface area contributed by atoms with Gasteiger partial charge < -0.3 is 19.7 Å². The van der Waals surface area contributed by atoms with Crippen LogP contribution in [0.15, 0.2) is 18.3 Å². The lowest BCUT2D eigenvalue weighted by Gasteiger charge is -2.35. The molecule has 2 fully saturated rings. The molecule has 37 heavy (non-hydrogen) atoms. The zero-order valence-corrected chi connectivity index (χ0v) is 23.9. The lowest BCUT2D eigenvalue weighted by molar-refractivity contribution is 0.0659. The third kappa shape index (κ3) is 7.17. The predicted molar refractivity (Wildman–Crippen MR) is 147 cm³/mol. The normalized spacial score (nSPS) is 21.6. The summed E-state index contributed by atoms with van der Waals surface area (Å²) in [6.45, 7) is 13.1. The van der Waals surface area contributed by atoms with Crippen LogP contribution in [0.3, 0.4) is 0 Å². The van der Waals surface area contributed by atoms with Crippen LogP contribution in [0.4, 0.5) is 5.82 Å². The van der Waals surface area contributed by atoms with E-state index in [-0.39, 0.29) is 16.9 Å². The first-order valence-electron chi connectivity index (χ1n) is 13.9. The van der Waals surface area contributed by atoms with Crippen LogP contribution in [0.1, 0.15) is 90.2 Å². The molecular weight excluding hydrogens is 464 g/mol. The first kappa shape index (κ1) is 27.7. The van der Waals surface area contributed by atoms with Gasteiger partial charge in [0.05, 0.1) is 18.0 Å². The molecule has 1 aliphatic carbocycles. The Morgan fingerprint density at radius 3 is 2.30 bits per heavy atom. The molecule has 0 amide bonds. The predicted octanol–water partition coefficient (Wildman–Crippen LogP) is 4.61. The highest BCUT2D eigenvalue weighted by Gasteiger charge is 2.29. The Bertz CT molecular complexity index is 1020. The van der Waals surface area contributed by atoms with Crippen molar-refractivity contribution in [3.63, 3.8) is 0 Å². The number of rotatable bonds is 8. The molecule has 8 heteroatoms. The molecule has 2 aromatic heterocycles. The molecule has 204 valence electrons. The van der Waals surface area contributed by atoms with Crippen LogP contribution in [-0.4, -0.2) is 65.7 Å². The van der Waals surface area contributed by atoms with Crippen molar-refractivity contribution in [1.82, 2.24) is 25.5 Å². The second kappa shape index (κ2) is 11.6. The van der Waals surface area contributed by atoms with Gasteiger partial charge in [0, 0.05) is 44.2 Å². The lowest BCUT2D eigenvalue weighted by Crippen LogP contribution is -2.38. The van der Waals surface area contributed by atoms with Gasteiger partial charge in [-0.1, -0.05) is 34.6 Å². The minimum absolute atomic E-state index is 0.0702. The summed E-state index contributed by atoms with van der Waals surface area (Å²) in [6, 6.07) is 4.69. The monoisotopic (exact) mass is 510 g/mol. The van der Waals surface area contributed by atoms with Gasteiger partial charge in [0.15, 0.2) is 0 Å². The number of anilines is 1. The van der Waals surface area contributed by atoms with Crippen molar-refractivity contribution < 1.29 is 9.47 Å². The van der Waals surface area contributed by atoms with E-state index in [4.69, 9.17) is 19.4 Å². The fraction of sp³-hybridized carbons (Fsp3) is 0.724. The second-order valence-electron chi connectivity index (χ2n) is 12.5. The van der Waals surface area contributed by atoms with Gasteiger partial charge in [0.25, 0.3) is 0 Å². The number of nitrogens with one attached hydrogen (secondary N) is 1. The Morgan fingerprint density at radius 1 is 0.946 bits per heavy atom. The second-order valence-corrected chi connectivity index (χ2v) is 12.5. The van der Waals surface area contributed by atoms with Crippen molar-refractivity contribution in [2.75, 3.05) is 32.1 Å². The van der Waals surface area contributed by atoms with E-state index < -0.39 is 0 Å². The minimum atomic E-state index is -0.231. The van der Waals surface area contributed by atoms with E-state index in [0.29, 0.717) is 24.4 Å². The quantitative estimate of drug-likeness (QED) is 0.551. The van der Waals surface area contributed by atoms with E-state index in [1.807, 2.05) is 19.4 Å². The maximum absolute atomic E-state index is 6.18. The molecule has 2 aliphatic rings. The summed E-state index contributed by atoms with van der Waals surface area (Å²) >= 11 is 0. The van der Waals surface area contributed by atoms with Crippen LogP contribution < -0.4 is 15.0 Å². The third-order valence-electron chi connectivity index (χ3n) is 8.00. The summed E-state index contributed by atoms with van der Waals surface area (Å²) in [6.07, 6.45) is 9.54. The average Bonchev–Trinajstić information content (AvgIpc) is 2.88. The summed E-state index contributed by atoms with van der Waals surface area (Å²) in [5.41, 5.74) is 1.86.